The van der Waals surface area contributed by atoms with Gasteiger partial charge in [-0.2, -0.15) is 0 Å². The molecule has 0 aliphatic carbocycles. The number of anilines is 1. The molecule has 3 aromatic rings. The van der Waals surface area contributed by atoms with Crippen LogP contribution in [0.2, 0.25) is 0 Å². The molecule has 0 saturated carbocycles. The van der Waals surface area contributed by atoms with Crippen LogP contribution in [0.25, 0.3) is 11.4 Å². The minimum atomic E-state index is -0.115. The Hall–Kier alpha value is -2.82. The van der Waals surface area contributed by atoms with E-state index in [-0.39, 0.29) is 5.91 Å². The van der Waals surface area contributed by atoms with Crippen molar-refractivity contribution in [3.63, 3.8) is 0 Å². The molecule has 0 radical (unpaired) electrons. The Bertz CT molecular complexity index is 873. The van der Waals surface area contributed by atoms with Gasteiger partial charge in [0.05, 0.1) is 11.1 Å². The lowest BCUT2D eigenvalue weighted by molar-refractivity contribution is 0.102. The van der Waals surface area contributed by atoms with Gasteiger partial charge in [-0.05, 0) is 26.0 Å². The molecular formula is C18H18N4O. The summed E-state index contributed by atoms with van der Waals surface area (Å²) in [6, 6.07) is 8.13. The first-order valence-corrected chi connectivity index (χ1v) is 7.75. The normalized spacial score (nSPS) is 15.8. The molecule has 0 saturated heterocycles. The maximum Gasteiger partial charge on any atom is 0.257 e. The first-order chi connectivity index (χ1) is 11.1. The largest absolute Gasteiger partial charge is 0.364 e. The van der Waals surface area contributed by atoms with Crippen LogP contribution in [0.3, 0.4) is 0 Å². The highest BCUT2D eigenvalue weighted by Crippen LogP contribution is 2.35. The number of hydrogen-bond acceptors (Lipinski definition) is 2. The zero-order valence-electron chi connectivity index (χ0n) is 13.1. The SMILES string of the molecule is Cc1ccc(NC(=O)c2c[nH]c3c2-c2nccn2[C@@H](C)C3)cc1. The predicted octanol–water partition coefficient (Wildman–Crippen LogP) is 3.56. The van der Waals surface area contributed by atoms with Crippen LogP contribution in [0.5, 0.6) is 0 Å². The Balaban J connectivity index is 1.70. The number of H-pyrrole nitrogens is 1. The molecule has 3 heterocycles. The highest BCUT2D eigenvalue weighted by Gasteiger charge is 2.28. The molecule has 2 N–H and O–H groups in total. The van der Waals surface area contributed by atoms with Crippen LogP contribution in [0.4, 0.5) is 5.69 Å². The lowest BCUT2D eigenvalue weighted by Crippen LogP contribution is -2.18. The van der Waals surface area contributed by atoms with Gasteiger partial charge < -0.3 is 14.9 Å². The minimum Gasteiger partial charge on any atom is -0.364 e. The second-order valence-electron chi connectivity index (χ2n) is 6.09. The Labute approximate surface area is 134 Å². The van der Waals surface area contributed by atoms with Crippen LogP contribution < -0.4 is 5.32 Å². The molecule has 1 atom stereocenters. The highest BCUT2D eigenvalue weighted by molar-refractivity contribution is 6.08. The van der Waals surface area contributed by atoms with Crippen molar-refractivity contribution in [1.82, 2.24) is 14.5 Å². The molecule has 0 unspecified atom stereocenters. The molecule has 1 amide bonds. The van der Waals surface area contributed by atoms with Crippen molar-refractivity contribution >= 4 is 11.6 Å². The lowest BCUT2D eigenvalue weighted by atomic mass is 10.0. The van der Waals surface area contributed by atoms with Crippen molar-refractivity contribution in [2.24, 2.45) is 0 Å². The number of aromatic amines is 1. The summed E-state index contributed by atoms with van der Waals surface area (Å²) in [6.07, 6.45) is 6.41. The summed E-state index contributed by atoms with van der Waals surface area (Å²) in [7, 11) is 0. The van der Waals surface area contributed by atoms with Crippen LogP contribution in [0.1, 0.15) is 34.6 Å². The van der Waals surface area contributed by atoms with Crippen molar-refractivity contribution < 1.29 is 4.79 Å². The first kappa shape index (κ1) is 13.8. The van der Waals surface area contributed by atoms with Gasteiger partial charge >= 0.3 is 0 Å². The number of benzene rings is 1. The fourth-order valence-electron chi connectivity index (χ4n) is 3.15. The second-order valence-corrected chi connectivity index (χ2v) is 6.09. The first-order valence-electron chi connectivity index (χ1n) is 7.75. The Morgan fingerprint density at radius 2 is 2.13 bits per heavy atom. The van der Waals surface area contributed by atoms with Crippen LogP contribution in [0.15, 0.2) is 42.9 Å². The number of carbonyl (C=O) groups excluding carboxylic acids is 1. The third kappa shape index (κ3) is 2.25. The number of fused-ring (bicyclic) bond motifs is 3. The van der Waals surface area contributed by atoms with Gasteiger partial charge in [-0.25, -0.2) is 4.98 Å². The monoisotopic (exact) mass is 306 g/mol. The van der Waals surface area contributed by atoms with E-state index in [0.717, 1.165) is 34.8 Å². The number of imidazole rings is 1. The van der Waals surface area contributed by atoms with Crippen LogP contribution in [0, 0.1) is 6.92 Å². The molecule has 5 nitrogen and oxygen atoms in total. The highest BCUT2D eigenvalue weighted by atomic mass is 16.1. The number of nitrogens with zero attached hydrogens (tertiary/aromatic N) is 2. The number of aryl methyl sites for hydroxylation is 1. The van der Waals surface area contributed by atoms with E-state index >= 15 is 0 Å². The third-order valence-corrected chi connectivity index (χ3v) is 4.38. The number of amides is 1. The molecule has 0 bridgehead atoms. The van der Waals surface area contributed by atoms with Gasteiger partial charge in [0.2, 0.25) is 0 Å². The van der Waals surface area contributed by atoms with E-state index in [1.165, 1.54) is 0 Å². The van der Waals surface area contributed by atoms with E-state index in [4.69, 9.17) is 0 Å². The third-order valence-electron chi connectivity index (χ3n) is 4.38. The van der Waals surface area contributed by atoms with Gasteiger partial charge in [0, 0.05) is 42.4 Å². The summed E-state index contributed by atoms with van der Waals surface area (Å²) >= 11 is 0. The van der Waals surface area contributed by atoms with Gasteiger partial charge in [0.15, 0.2) is 0 Å². The van der Waals surface area contributed by atoms with E-state index in [9.17, 15) is 4.79 Å². The fourth-order valence-corrected chi connectivity index (χ4v) is 3.15. The zero-order valence-corrected chi connectivity index (χ0v) is 13.1. The van der Waals surface area contributed by atoms with E-state index in [2.05, 4.69) is 26.8 Å². The maximum absolute atomic E-state index is 12.7. The summed E-state index contributed by atoms with van der Waals surface area (Å²) < 4.78 is 2.12. The summed E-state index contributed by atoms with van der Waals surface area (Å²) in [6.45, 7) is 4.18. The quantitative estimate of drug-likeness (QED) is 0.760. The molecule has 23 heavy (non-hydrogen) atoms. The zero-order chi connectivity index (χ0) is 16.0. The van der Waals surface area contributed by atoms with Gasteiger partial charge in [-0.3, -0.25) is 4.79 Å². The number of rotatable bonds is 2. The molecule has 1 aliphatic heterocycles. The van der Waals surface area contributed by atoms with E-state index in [0.29, 0.717) is 11.6 Å². The smallest absolute Gasteiger partial charge is 0.257 e. The summed E-state index contributed by atoms with van der Waals surface area (Å²) in [5.74, 6) is 0.740. The van der Waals surface area contributed by atoms with Crippen molar-refractivity contribution in [2.45, 2.75) is 26.3 Å². The van der Waals surface area contributed by atoms with Gasteiger partial charge in [0.1, 0.15) is 5.82 Å². The summed E-state index contributed by atoms with van der Waals surface area (Å²) in [5, 5.41) is 2.96. The molecule has 4 rings (SSSR count). The second kappa shape index (κ2) is 5.12. The lowest BCUT2D eigenvalue weighted by Gasteiger charge is -2.22. The maximum atomic E-state index is 12.7. The van der Waals surface area contributed by atoms with Crippen molar-refractivity contribution in [1.29, 1.82) is 0 Å². The minimum absolute atomic E-state index is 0.115. The summed E-state index contributed by atoms with van der Waals surface area (Å²) in [5.41, 5.74) is 4.59. The van der Waals surface area contributed by atoms with E-state index in [1.54, 1.807) is 12.4 Å². The van der Waals surface area contributed by atoms with Crippen LogP contribution in [-0.2, 0) is 6.42 Å². The molecule has 1 aliphatic rings. The number of aromatic nitrogens is 3. The molecular weight excluding hydrogens is 288 g/mol. The Morgan fingerprint density at radius 3 is 2.91 bits per heavy atom. The van der Waals surface area contributed by atoms with Crippen LogP contribution in [-0.4, -0.2) is 20.4 Å². The molecule has 0 spiro atoms. The van der Waals surface area contributed by atoms with E-state index < -0.39 is 0 Å². The van der Waals surface area contributed by atoms with Crippen molar-refractivity contribution in [2.75, 3.05) is 5.32 Å². The van der Waals surface area contributed by atoms with Crippen molar-refractivity contribution in [3.8, 4) is 11.4 Å². The van der Waals surface area contributed by atoms with Crippen molar-refractivity contribution in [3.05, 3.63) is 59.7 Å². The molecule has 1 aromatic carbocycles. The standard InChI is InChI=1S/C18H18N4O/c1-11-3-5-13(6-4-11)21-18(23)14-10-20-15-9-12(2)22-8-7-19-17(22)16(14)15/h3-8,10,12,20H,9H2,1-2H3,(H,21,23)/t12-/m0/s1. The number of carbonyl (C=O) groups is 1. The average Bonchev–Trinajstić information content (AvgIpc) is 3.15. The Kier molecular flexibility index (Phi) is 3.08. The van der Waals surface area contributed by atoms with E-state index in [1.807, 2.05) is 37.4 Å². The molecule has 5 heteroatoms. The van der Waals surface area contributed by atoms with Gasteiger partial charge in [-0.15, -0.1) is 0 Å². The number of hydrogen-bond donors (Lipinski definition) is 2. The topological polar surface area (TPSA) is 62.7 Å². The van der Waals surface area contributed by atoms with Gasteiger partial charge in [0.25, 0.3) is 5.91 Å². The van der Waals surface area contributed by atoms with Gasteiger partial charge in [-0.1, -0.05) is 17.7 Å². The number of nitrogens with one attached hydrogen (secondary N) is 2. The Morgan fingerprint density at radius 1 is 1.35 bits per heavy atom. The fraction of sp³-hybridized carbons (Fsp3) is 0.222. The summed E-state index contributed by atoms with van der Waals surface area (Å²) in [4.78, 5) is 20.4. The molecule has 0 fully saturated rings. The average molecular weight is 306 g/mol. The predicted molar refractivity (Wildman–Crippen MR) is 89.6 cm³/mol. The molecule has 116 valence electrons. The molecule has 2 aromatic heterocycles. The van der Waals surface area contributed by atoms with Crippen LogP contribution >= 0.6 is 0 Å².